The maximum atomic E-state index is 5.87. The van der Waals surface area contributed by atoms with E-state index in [2.05, 4.69) is 10.3 Å². The van der Waals surface area contributed by atoms with Crippen LogP contribution in [0, 0.1) is 0 Å². The summed E-state index contributed by atoms with van der Waals surface area (Å²) in [6.07, 6.45) is 1.81. The highest BCUT2D eigenvalue weighted by Crippen LogP contribution is 2.09. The van der Waals surface area contributed by atoms with Gasteiger partial charge in [-0.15, -0.1) is 0 Å². The quantitative estimate of drug-likeness (QED) is 0.426. The molecular weight excluding hydrogens is 248 g/mol. The number of nitrogens with zero attached hydrogens (tertiary/aromatic N) is 1. The number of benzene rings is 2. The van der Waals surface area contributed by atoms with Crippen molar-refractivity contribution in [1.82, 2.24) is 5.32 Å². The zero-order valence-corrected chi connectivity index (χ0v) is 11.4. The summed E-state index contributed by atoms with van der Waals surface area (Å²) in [4.78, 5) is 4.36. The summed E-state index contributed by atoms with van der Waals surface area (Å²) in [5.41, 5.74) is 15.3. The summed E-state index contributed by atoms with van der Waals surface area (Å²) in [5.74, 6) is 0. The summed E-state index contributed by atoms with van der Waals surface area (Å²) in [6, 6.07) is 15.6. The van der Waals surface area contributed by atoms with Gasteiger partial charge in [-0.3, -0.25) is 4.99 Å². The van der Waals surface area contributed by atoms with Gasteiger partial charge in [-0.1, -0.05) is 36.4 Å². The Hall–Kier alpha value is -2.33. The molecule has 0 aliphatic rings. The van der Waals surface area contributed by atoms with Gasteiger partial charge in [0, 0.05) is 36.2 Å². The zero-order chi connectivity index (χ0) is 14.2. The minimum Gasteiger partial charge on any atom is -0.398 e. The van der Waals surface area contributed by atoms with E-state index in [9.17, 15) is 0 Å². The Morgan fingerprint density at radius 1 is 0.950 bits per heavy atom. The molecule has 0 atom stereocenters. The normalized spacial score (nSPS) is 11.0. The summed E-state index contributed by atoms with van der Waals surface area (Å²) in [6.45, 7) is 2.27. The number of hydrogen-bond acceptors (Lipinski definition) is 4. The van der Waals surface area contributed by atoms with Gasteiger partial charge in [-0.05, 0) is 17.7 Å². The molecule has 0 radical (unpaired) electrons. The second-order valence-corrected chi connectivity index (χ2v) is 4.54. The second kappa shape index (κ2) is 7.31. The number of nitrogen functional groups attached to an aromatic ring is 2. The van der Waals surface area contributed by atoms with Gasteiger partial charge in [0.15, 0.2) is 0 Å². The molecule has 20 heavy (non-hydrogen) atoms. The van der Waals surface area contributed by atoms with Gasteiger partial charge in [0.25, 0.3) is 0 Å². The molecule has 2 aromatic carbocycles. The average molecular weight is 268 g/mol. The highest BCUT2D eigenvalue weighted by Gasteiger charge is 1.96. The van der Waals surface area contributed by atoms with Crippen LogP contribution in [-0.2, 0) is 6.54 Å². The number of nitrogens with one attached hydrogen (secondary N) is 1. The molecule has 104 valence electrons. The van der Waals surface area contributed by atoms with E-state index in [-0.39, 0.29) is 0 Å². The van der Waals surface area contributed by atoms with Crippen molar-refractivity contribution >= 4 is 17.6 Å². The molecule has 0 spiro atoms. The first kappa shape index (κ1) is 14.1. The van der Waals surface area contributed by atoms with Gasteiger partial charge < -0.3 is 16.8 Å². The van der Waals surface area contributed by atoms with Crippen LogP contribution in [0.4, 0.5) is 11.4 Å². The molecule has 2 aromatic rings. The molecule has 4 heteroatoms. The predicted octanol–water partition coefficient (Wildman–Crippen LogP) is 2.06. The Morgan fingerprint density at radius 2 is 1.65 bits per heavy atom. The molecular formula is C16H20N4. The van der Waals surface area contributed by atoms with Crippen LogP contribution in [0.2, 0.25) is 0 Å². The Kier molecular flexibility index (Phi) is 5.15. The fourth-order valence-electron chi connectivity index (χ4n) is 1.85. The molecule has 0 saturated carbocycles. The largest absolute Gasteiger partial charge is 0.398 e. The van der Waals surface area contributed by atoms with Gasteiger partial charge in [-0.2, -0.15) is 0 Å². The number of hydrogen-bond donors (Lipinski definition) is 3. The Morgan fingerprint density at radius 3 is 2.40 bits per heavy atom. The van der Waals surface area contributed by atoms with E-state index in [1.165, 1.54) is 0 Å². The zero-order valence-electron chi connectivity index (χ0n) is 11.4. The van der Waals surface area contributed by atoms with Crippen molar-refractivity contribution in [2.24, 2.45) is 4.99 Å². The van der Waals surface area contributed by atoms with E-state index in [1.807, 2.05) is 54.7 Å². The lowest BCUT2D eigenvalue weighted by Crippen LogP contribution is -2.17. The van der Waals surface area contributed by atoms with Gasteiger partial charge >= 0.3 is 0 Å². The SMILES string of the molecule is Nc1ccccc1C=NCCNCc1ccccc1N. The molecule has 0 saturated heterocycles. The Bertz CT molecular complexity index is 578. The van der Waals surface area contributed by atoms with Crippen LogP contribution >= 0.6 is 0 Å². The van der Waals surface area contributed by atoms with E-state index in [4.69, 9.17) is 11.5 Å². The van der Waals surface area contributed by atoms with Crippen LogP contribution in [0.3, 0.4) is 0 Å². The maximum absolute atomic E-state index is 5.87. The summed E-state index contributed by atoms with van der Waals surface area (Å²) in [7, 11) is 0. The number of anilines is 2. The first-order valence-electron chi connectivity index (χ1n) is 6.66. The van der Waals surface area contributed by atoms with Gasteiger partial charge in [-0.25, -0.2) is 0 Å². The first-order chi connectivity index (χ1) is 9.77. The fraction of sp³-hybridized carbons (Fsp3) is 0.188. The molecule has 0 unspecified atom stereocenters. The van der Waals surface area contributed by atoms with Crippen molar-refractivity contribution in [3.63, 3.8) is 0 Å². The summed E-state index contributed by atoms with van der Waals surface area (Å²) >= 11 is 0. The van der Waals surface area contributed by atoms with Crippen molar-refractivity contribution in [3.05, 3.63) is 59.7 Å². The van der Waals surface area contributed by atoms with Crippen LogP contribution in [-0.4, -0.2) is 19.3 Å². The third kappa shape index (κ3) is 4.10. The second-order valence-electron chi connectivity index (χ2n) is 4.54. The van der Waals surface area contributed by atoms with Crippen LogP contribution < -0.4 is 16.8 Å². The third-order valence-corrected chi connectivity index (χ3v) is 3.01. The molecule has 0 heterocycles. The van der Waals surface area contributed by atoms with Gasteiger partial charge in [0.1, 0.15) is 0 Å². The number of para-hydroxylation sites is 2. The molecule has 0 aliphatic heterocycles. The van der Waals surface area contributed by atoms with E-state index < -0.39 is 0 Å². The molecule has 0 bridgehead atoms. The number of rotatable bonds is 6. The van der Waals surface area contributed by atoms with E-state index in [0.29, 0.717) is 6.54 Å². The van der Waals surface area contributed by atoms with Gasteiger partial charge in [0.05, 0.1) is 6.54 Å². The molecule has 0 fully saturated rings. The van der Waals surface area contributed by atoms with Crippen molar-refractivity contribution in [3.8, 4) is 0 Å². The molecule has 2 rings (SSSR count). The van der Waals surface area contributed by atoms with Crippen LogP contribution in [0.25, 0.3) is 0 Å². The molecule has 4 nitrogen and oxygen atoms in total. The highest BCUT2D eigenvalue weighted by molar-refractivity contribution is 5.86. The molecule has 0 aromatic heterocycles. The van der Waals surface area contributed by atoms with Gasteiger partial charge in [0.2, 0.25) is 0 Å². The van der Waals surface area contributed by atoms with E-state index >= 15 is 0 Å². The number of aliphatic imine (C=N–C) groups is 1. The predicted molar refractivity (Wildman–Crippen MR) is 85.9 cm³/mol. The highest BCUT2D eigenvalue weighted by atomic mass is 14.9. The van der Waals surface area contributed by atoms with Crippen LogP contribution in [0.1, 0.15) is 11.1 Å². The maximum Gasteiger partial charge on any atom is 0.0514 e. The summed E-state index contributed by atoms with van der Waals surface area (Å²) < 4.78 is 0. The molecule has 5 N–H and O–H groups in total. The third-order valence-electron chi connectivity index (χ3n) is 3.01. The molecule has 0 aliphatic carbocycles. The molecule has 0 amide bonds. The fourth-order valence-corrected chi connectivity index (χ4v) is 1.85. The smallest absolute Gasteiger partial charge is 0.0514 e. The number of nitrogens with two attached hydrogens (primary N) is 2. The van der Waals surface area contributed by atoms with Crippen LogP contribution in [0.15, 0.2) is 53.5 Å². The van der Waals surface area contributed by atoms with E-state index in [0.717, 1.165) is 35.6 Å². The average Bonchev–Trinajstić information content (AvgIpc) is 2.46. The minimum absolute atomic E-state index is 0.709. The topological polar surface area (TPSA) is 76.4 Å². The first-order valence-corrected chi connectivity index (χ1v) is 6.66. The van der Waals surface area contributed by atoms with Crippen molar-refractivity contribution < 1.29 is 0 Å². The Labute approximate surface area is 119 Å². The van der Waals surface area contributed by atoms with Crippen molar-refractivity contribution in [1.29, 1.82) is 0 Å². The Balaban J connectivity index is 1.72. The van der Waals surface area contributed by atoms with Crippen molar-refractivity contribution in [2.75, 3.05) is 24.6 Å². The minimum atomic E-state index is 0.709. The van der Waals surface area contributed by atoms with Crippen LogP contribution in [0.5, 0.6) is 0 Å². The standard InChI is InChI=1S/C16H20N4/c17-15-7-3-1-5-13(15)11-19-9-10-20-12-14-6-2-4-8-16(14)18/h1-8,11,20H,9-10,12,17-18H2. The lowest BCUT2D eigenvalue weighted by Gasteiger charge is -2.06. The summed E-state index contributed by atoms with van der Waals surface area (Å²) in [5, 5.41) is 3.32. The monoisotopic (exact) mass is 268 g/mol. The lowest BCUT2D eigenvalue weighted by molar-refractivity contribution is 0.697. The van der Waals surface area contributed by atoms with E-state index in [1.54, 1.807) is 0 Å². The lowest BCUT2D eigenvalue weighted by atomic mass is 10.2. The van der Waals surface area contributed by atoms with Crippen molar-refractivity contribution in [2.45, 2.75) is 6.54 Å².